The molecule has 2 aromatic rings. The molecule has 5 nitrogen and oxygen atoms in total. The minimum absolute atomic E-state index is 0.180. The fourth-order valence-electron chi connectivity index (χ4n) is 1.38. The van der Waals surface area contributed by atoms with E-state index >= 15 is 0 Å². The second-order valence-corrected chi connectivity index (χ2v) is 4.71. The maximum absolute atomic E-state index is 11.7. The van der Waals surface area contributed by atoms with Crippen LogP contribution < -0.4 is 0 Å². The molecule has 0 bridgehead atoms. The summed E-state index contributed by atoms with van der Waals surface area (Å²) in [6.07, 6.45) is 1.49. The molecule has 0 radical (unpaired) electrons. The SMILES string of the molecule is Cc1nc(C(=O)CC(=O)c2ccn(C)n2)cs1. The van der Waals surface area contributed by atoms with Crippen LogP contribution in [0.1, 0.15) is 32.4 Å². The van der Waals surface area contributed by atoms with Crippen LogP contribution in [-0.2, 0) is 7.05 Å². The zero-order valence-electron chi connectivity index (χ0n) is 9.51. The molecule has 0 unspecified atom stereocenters. The molecule has 6 heteroatoms. The van der Waals surface area contributed by atoms with Gasteiger partial charge in [0.25, 0.3) is 0 Å². The van der Waals surface area contributed by atoms with E-state index in [0.717, 1.165) is 5.01 Å². The summed E-state index contributed by atoms with van der Waals surface area (Å²) in [5, 5.41) is 6.45. The summed E-state index contributed by atoms with van der Waals surface area (Å²) in [7, 11) is 1.72. The second-order valence-electron chi connectivity index (χ2n) is 3.65. The van der Waals surface area contributed by atoms with Gasteiger partial charge in [0.05, 0.1) is 11.4 Å². The molecule has 0 aliphatic carbocycles. The molecule has 0 saturated carbocycles. The molecule has 2 aromatic heterocycles. The molecule has 0 aliphatic heterocycles. The van der Waals surface area contributed by atoms with Crippen molar-refractivity contribution in [3.05, 3.63) is 34.0 Å². The van der Waals surface area contributed by atoms with E-state index in [4.69, 9.17) is 0 Å². The Labute approximate surface area is 102 Å². The van der Waals surface area contributed by atoms with Gasteiger partial charge in [0, 0.05) is 18.6 Å². The van der Waals surface area contributed by atoms with Crippen LogP contribution in [0.2, 0.25) is 0 Å². The molecular formula is C11H11N3O2S. The molecule has 0 amide bonds. The van der Waals surface area contributed by atoms with Gasteiger partial charge in [-0.25, -0.2) is 4.98 Å². The van der Waals surface area contributed by atoms with Crippen molar-refractivity contribution in [2.75, 3.05) is 0 Å². The first kappa shape index (κ1) is 11.7. The lowest BCUT2D eigenvalue weighted by atomic mass is 10.1. The van der Waals surface area contributed by atoms with Gasteiger partial charge in [-0.1, -0.05) is 0 Å². The van der Waals surface area contributed by atoms with Crippen LogP contribution in [0.3, 0.4) is 0 Å². The van der Waals surface area contributed by atoms with Gasteiger partial charge in [-0.15, -0.1) is 11.3 Å². The molecule has 0 aromatic carbocycles. The number of aryl methyl sites for hydroxylation is 2. The number of rotatable bonds is 4. The van der Waals surface area contributed by atoms with Crippen molar-refractivity contribution in [3.8, 4) is 0 Å². The fraction of sp³-hybridized carbons (Fsp3) is 0.273. The molecule has 17 heavy (non-hydrogen) atoms. The van der Waals surface area contributed by atoms with Crippen LogP contribution in [0.25, 0.3) is 0 Å². The zero-order chi connectivity index (χ0) is 12.4. The van der Waals surface area contributed by atoms with Gasteiger partial charge in [0.1, 0.15) is 11.4 Å². The smallest absolute Gasteiger partial charge is 0.190 e. The number of hydrogen-bond donors (Lipinski definition) is 0. The summed E-state index contributed by atoms with van der Waals surface area (Å²) in [4.78, 5) is 27.5. The van der Waals surface area contributed by atoms with E-state index < -0.39 is 0 Å². The fourth-order valence-corrected chi connectivity index (χ4v) is 2.00. The van der Waals surface area contributed by atoms with Crippen molar-refractivity contribution in [2.45, 2.75) is 13.3 Å². The lowest BCUT2D eigenvalue weighted by molar-refractivity contribution is 0.0888. The molecule has 2 heterocycles. The third-order valence-electron chi connectivity index (χ3n) is 2.23. The maximum atomic E-state index is 11.7. The Kier molecular flexibility index (Phi) is 3.14. The summed E-state index contributed by atoms with van der Waals surface area (Å²) < 4.78 is 1.53. The Hall–Kier alpha value is -1.82. The normalized spacial score (nSPS) is 10.5. The van der Waals surface area contributed by atoms with E-state index in [9.17, 15) is 9.59 Å². The highest BCUT2D eigenvalue weighted by atomic mass is 32.1. The number of ketones is 2. The lowest BCUT2D eigenvalue weighted by Crippen LogP contribution is -2.10. The summed E-state index contributed by atoms with van der Waals surface area (Å²) >= 11 is 1.40. The van der Waals surface area contributed by atoms with Crippen molar-refractivity contribution in [2.24, 2.45) is 7.05 Å². The number of carbonyl (C=O) groups is 2. The Balaban J connectivity index is 2.07. The van der Waals surface area contributed by atoms with Crippen molar-refractivity contribution < 1.29 is 9.59 Å². The molecule has 0 atom stereocenters. The third-order valence-corrected chi connectivity index (χ3v) is 3.00. The average molecular weight is 249 g/mol. The molecule has 88 valence electrons. The van der Waals surface area contributed by atoms with Crippen LogP contribution in [0.15, 0.2) is 17.6 Å². The van der Waals surface area contributed by atoms with Crippen molar-refractivity contribution in [3.63, 3.8) is 0 Å². The lowest BCUT2D eigenvalue weighted by Gasteiger charge is -1.94. The van der Waals surface area contributed by atoms with Crippen LogP contribution in [-0.4, -0.2) is 26.3 Å². The Morgan fingerprint density at radius 1 is 1.35 bits per heavy atom. The minimum Gasteiger partial charge on any atom is -0.292 e. The van der Waals surface area contributed by atoms with Crippen LogP contribution in [0.5, 0.6) is 0 Å². The number of Topliss-reactive ketones (excluding diaryl/α,β-unsaturated/α-hetero) is 2. The van der Waals surface area contributed by atoms with Gasteiger partial charge >= 0.3 is 0 Å². The molecular weight excluding hydrogens is 238 g/mol. The maximum Gasteiger partial charge on any atom is 0.190 e. The predicted octanol–water partition coefficient (Wildman–Crippen LogP) is 1.64. The number of carbonyl (C=O) groups excluding carboxylic acids is 2. The van der Waals surface area contributed by atoms with Crippen molar-refractivity contribution in [1.29, 1.82) is 0 Å². The van der Waals surface area contributed by atoms with Crippen LogP contribution in [0, 0.1) is 6.92 Å². The molecule has 2 rings (SSSR count). The summed E-state index contributed by atoms with van der Waals surface area (Å²) in [5.74, 6) is -0.536. The molecule has 0 saturated heterocycles. The van der Waals surface area contributed by atoms with Gasteiger partial charge in [-0.2, -0.15) is 5.10 Å². The number of thiazole rings is 1. The van der Waals surface area contributed by atoms with Gasteiger partial charge in [0.15, 0.2) is 11.6 Å². The van der Waals surface area contributed by atoms with Crippen molar-refractivity contribution in [1.82, 2.24) is 14.8 Å². The largest absolute Gasteiger partial charge is 0.292 e. The molecule has 0 N–H and O–H groups in total. The van der Waals surface area contributed by atoms with E-state index in [1.54, 1.807) is 24.7 Å². The highest BCUT2D eigenvalue weighted by Gasteiger charge is 2.17. The quantitative estimate of drug-likeness (QED) is 0.610. The molecule has 0 fully saturated rings. The van der Waals surface area contributed by atoms with Gasteiger partial charge in [0.2, 0.25) is 0 Å². The average Bonchev–Trinajstić information content (AvgIpc) is 2.87. The molecule has 0 aliphatic rings. The van der Waals surface area contributed by atoms with Gasteiger partial charge < -0.3 is 0 Å². The Morgan fingerprint density at radius 2 is 2.06 bits per heavy atom. The van der Waals surface area contributed by atoms with Crippen LogP contribution >= 0.6 is 11.3 Å². The first-order valence-corrected chi connectivity index (χ1v) is 5.92. The van der Waals surface area contributed by atoms with E-state index in [0.29, 0.717) is 11.4 Å². The second kappa shape index (κ2) is 4.58. The summed E-state index contributed by atoms with van der Waals surface area (Å²) in [5.41, 5.74) is 0.671. The van der Waals surface area contributed by atoms with Crippen LogP contribution in [0.4, 0.5) is 0 Å². The van der Waals surface area contributed by atoms with Crippen molar-refractivity contribution >= 4 is 22.9 Å². The molecule has 0 spiro atoms. The number of aromatic nitrogens is 3. The number of hydrogen-bond acceptors (Lipinski definition) is 5. The highest BCUT2D eigenvalue weighted by Crippen LogP contribution is 2.11. The van der Waals surface area contributed by atoms with E-state index in [1.165, 1.54) is 16.0 Å². The van der Waals surface area contributed by atoms with Gasteiger partial charge in [-0.3, -0.25) is 14.3 Å². The first-order chi connectivity index (χ1) is 8.06. The highest BCUT2D eigenvalue weighted by molar-refractivity contribution is 7.09. The minimum atomic E-state index is -0.277. The Bertz CT molecular complexity index is 521. The summed E-state index contributed by atoms with van der Waals surface area (Å²) in [6, 6.07) is 1.60. The Morgan fingerprint density at radius 3 is 2.59 bits per heavy atom. The summed E-state index contributed by atoms with van der Waals surface area (Å²) in [6.45, 7) is 1.82. The van der Waals surface area contributed by atoms with E-state index in [-0.39, 0.29) is 18.0 Å². The third kappa shape index (κ3) is 2.65. The predicted molar refractivity (Wildman–Crippen MR) is 63.3 cm³/mol. The standard InChI is InChI=1S/C11H11N3O2S/c1-7-12-9(6-17-7)11(16)5-10(15)8-3-4-14(2)13-8/h3-4,6H,5H2,1-2H3. The number of nitrogens with zero attached hydrogens (tertiary/aromatic N) is 3. The van der Waals surface area contributed by atoms with E-state index in [1.807, 2.05) is 6.92 Å². The first-order valence-electron chi connectivity index (χ1n) is 5.04. The monoisotopic (exact) mass is 249 g/mol. The topological polar surface area (TPSA) is 64.8 Å². The van der Waals surface area contributed by atoms with E-state index in [2.05, 4.69) is 10.1 Å². The zero-order valence-corrected chi connectivity index (χ0v) is 10.3. The van der Waals surface area contributed by atoms with Gasteiger partial charge in [-0.05, 0) is 13.0 Å².